The lowest BCUT2D eigenvalue weighted by Gasteiger charge is -2.31. The molecule has 8 heteroatoms. The summed E-state index contributed by atoms with van der Waals surface area (Å²) >= 11 is 6.09. The summed E-state index contributed by atoms with van der Waals surface area (Å²) in [5.74, 6) is 0.514. The number of aromatic nitrogens is 1. The molecular formula is C22H31ClFN5O. The van der Waals surface area contributed by atoms with Crippen molar-refractivity contribution >= 4 is 23.2 Å². The van der Waals surface area contributed by atoms with Gasteiger partial charge in [-0.2, -0.15) is 0 Å². The minimum Gasteiger partial charge on any atom is -0.393 e. The summed E-state index contributed by atoms with van der Waals surface area (Å²) in [6, 6.07) is 7.24. The van der Waals surface area contributed by atoms with Gasteiger partial charge in [0.05, 0.1) is 29.9 Å². The largest absolute Gasteiger partial charge is 0.393 e. The Balaban J connectivity index is 1.68. The van der Waals surface area contributed by atoms with E-state index in [4.69, 9.17) is 11.6 Å². The second-order valence-corrected chi connectivity index (χ2v) is 8.23. The summed E-state index contributed by atoms with van der Waals surface area (Å²) in [7, 11) is 3.93. The van der Waals surface area contributed by atoms with E-state index in [9.17, 15) is 9.50 Å². The second-order valence-electron chi connectivity index (χ2n) is 7.79. The van der Waals surface area contributed by atoms with Crippen molar-refractivity contribution in [2.75, 3.05) is 31.6 Å². The summed E-state index contributed by atoms with van der Waals surface area (Å²) in [5.41, 5.74) is 2.49. The van der Waals surface area contributed by atoms with Gasteiger partial charge in [-0.15, -0.1) is 0 Å². The number of halogens is 2. The number of nitrogens with zero attached hydrogens (tertiary/aromatic N) is 4. The van der Waals surface area contributed by atoms with Crippen LogP contribution in [0.15, 0.2) is 35.5 Å². The molecule has 2 N–H and O–H groups in total. The van der Waals surface area contributed by atoms with Crippen molar-refractivity contribution in [2.24, 2.45) is 12.0 Å². The van der Waals surface area contributed by atoms with Crippen LogP contribution < -0.4 is 10.2 Å². The molecule has 6 nitrogen and oxygen atoms in total. The number of aliphatic imine (C=N–C) groups is 1. The summed E-state index contributed by atoms with van der Waals surface area (Å²) in [6.07, 6.45) is 2.96. The number of aliphatic hydroxyl groups is 1. The highest BCUT2D eigenvalue weighted by molar-refractivity contribution is 6.30. The summed E-state index contributed by atoms with van der Waals surface area (Å²) in [6.45, 7) is 5.15. The summed E-state index contributed by atoms with van der Waals surface area (Å²) < 4.78 is 16.7. The molecule has 1 aromatic carbocycles. The maximum absolute atomic E-state index is 14.7. The number of aliphatic hydroxyl groups excluding tert-OH is 1. The number of guanidine groups is 1. The third-order valence-electron chi connectivity index (χ3n) is 5.40. The number of hydrogen-bond acceptors (Lipinski definition) is 3. The fourth-order valence-corrected chi connectivity index (χ4v) is 3.96. The molecule has 0 saturated carbocycles. The summed E-state index contributed by atoms with van der Waals surface area (Å²) in [4.78, 5) is 8.71. The smallest absolute Gasteiger partial charge is 0.194 e. The lowest BCUT2D eigenvalue weighted by atomic mass is 10.1. The number of aryl methyl sites for hydroxylation is 1. The third-order valence-corrected chi connectivity index (χ3v) is 5.61. The van der Waals surface area contributed by atoms with Gasteiger partial charge in [0.15, 0.2) is 5.96 Å². The van der Waals surface area contributed by atoms with E-state index in [1.54, 1.807) is 6.07 Å². The Morgan fingerprint density at radius 2 is 2.07 bits per heavy atom. The Morgan fingerprint density at radius 3 is 2.67 bits per heavy atom. The Bertz CT molecular complexity index is 876. The molecule has 0 unspecified atom stereocenters. The molecule has 0 radical (unpaired) electrons. The molecule has 0 atom stereocenters. The van der Waals surface area contributed by atoms with E-state index >= 15 is 0 Å². The van der Waals surface area contributed by atoms with E-state index in [1.165, 1.54) is 0 Å². The SMILES string of the molecule is CCNC(=NCc1ccc(N2CCC(O)CC2)c(F)c1)N(C)Cc1cc(Cl)cn1C. The number of benzene rings is 1. The van der Waals surface area contributed by atoms with Crippen LogP contribution in [0, 0.1) is 5.82 Å². The predicted octanol–water partition coefficient (Wildman–Crippen LogP) is 3.38. The van der Waals surface area contributed by atoms with Gasteiger partial charge in [-0.3, -0.25) is 0 Å². The molecule has 1 fully saturated rings. The standard InChI is InChI=1S/C22H31ClFN5O/c1-4-25-22(28(3)15-18-12-17(23)14-27(18)2)26-13-16-5-6-21(20(24)11-16)29-9-7-19(30)8-10-29/h5-6,11-12,14,19,30H,4,7-10,13,15H2,1-3H3,(H,25,26). The van der Waals surface area contributed by atoms with Crippen LogP contribution in [0.25, 0.3) is 0 Å². The minimum atomic E-state index is -0.272. The molecule has 1 aliphatic rings. The van der Waals surface area contributed by atoms with Gasteiger partial charge in [-0.1, -0.05) is 17.7 Å². The van der Waals surface area contributed by atoms with Crippen molar-refractivity contribution in [3.63, 3.8) is 0 Å². The first-order valence-corrected chi connectivity index (χ1v) is 10.8. The normalized spacial score (nSPS) is 15.5. The monoisotopic (exact) mass is 435 g/mol. The van der Waals surface area contributed by atoms with Crippen LogP contribution in [0.4, 0.5) is 10.1 Å². The fourth-order valence-electron chi connectivity index (χ4n) is 3.69. The average molecular weight is 436 g/mol. The maximum Gasteiger partial charge on any atom is 0.194 e. The van der Waals surface area contributed by atoms with Crippen molar-refractivity contribution < 1.29 is 9.50 Å². The zero-order valence-electron chi connectivity index (χ0n) is 17.9. The van der Waals surface area contributed by atoms with Crippen LogP contribution in [0.3, 0.4) is 0 Å². The first-order chi connectivity index (χ1) is 14.4. The van der Waals surface area contributed by atoms with Crippen LogP contribution in [-0.2, 0) is 20.1 Å². The van der Waals surface area contributed by atoms with Crippen molar-refractivity contribution in [3.05, 3.63) is 52.6 Å². The number of piperidine rings is 1. The zero-order valence-corrected chi connectivity index (χ0v) is 18.7. The third kappa shape index (κ3) is 5.67. The Morgan fingerprint density at radius 1 is 1.33 bits per heavy atom. The fraction of sp³-hybridized carbons (Fsp3) is 0.500. The first-order valence-electron chi connectivity index (χ1n) is 10.4. The van der Waals surface area contributed by atoms with Gasteiger partial charge in [-0.05, 0) is 43.5 Å². The quantitative estimate of drug-likeness (QED) is 0.539. The maximum atomic E-state index is 14.7. The molecule has 1 aromatic heterocycles. The van der Waals surface area contributed by atoms with Crippen molar-refractivity contribution in [3.8, 4) is 0 Å². The lowest BCUT2D eigenvalue weighted by Crippen LogP contribution is -2.38. The van der Waals surface area contributed by atoms with Crippen LogP contribution >= 0.6 is 11.6 Å². The number of anilines is 1. The van der Waals surface area contributed by atoms with Crippen molar-refractivity contribution in [1.29, 1.82) is 0 Å². The first kappa shape index (κ1) is 22.4. The van der Waals surface area contributed by atoms with E-state index in [1.807, 2.05) is 59.8 Å². The van der Waals surface area contributed by atoms with Crippen molar-refractivity contribution in [2.45, 2.75) is 39.0 Å². The van der Waals surface area contributed by atoms with Gasteiger partial charge in [0, 0.05) is 45.6 Å². The van der Waals surface area contributed by atoms with Gasteiger partial charge in [0.1, 0.15) is 5.82 Å². The van der Waals surface area contributed by atoms with Gasteiger partial charge in [0.2, 0.25) is 0 Å². The molecule has 1 aliphatic heterocycles. The lowest BCUT2D eigenvalue weighted by molar-refractivity contribution is 0.145. The van der Waals surface area contributed by atoms with Crippen LogP contribution in [-0.4, -0.2) is 53.3 Å². The number of nitrogens with one attached hydrogen (secondary N) is 1. The Kier molecular flexibility index (Phi) is 7.61. The highest BCUT2D eigenvalue weighted by Gasteiger charge is 2.19. The minimum absolute atomic E-state index is 0.240. The molecule has 1 saturated heterocycles. The molecule has 3 rings (SSSR count). The zero-order chi connectivity index (χ0) is 21.7. The van der Waals surface area contributed by atoms with Gasteiger partial charge in [0.25, 0.3) is 0 Å². The number of hydrogen-bond donors (Lipinski definition) is 2. The van der Waals surface area contributed by atoms with Crippen LogP contribution in [0.2, 0.25) is 5.02 Å². The van der Waals surface area contributed by atoms with Crippen LogP contribution in [0.5, 0.6) is 0 Å². The molecular weight excluding hydrogens is 405 g/mol. The van der Waals surface area contributed by atoms with E-state index in [0.717, 1.165) is 23.8 Å². The van der Waals surface area contributed by atoms with E-state index in [0.29, 0.717) is 49.7 Å². The molecule has 0 spiro atoms. The topological polar surface area (TPSA) is 56.0 Å². The van der Waals surface area contributed by atoms with Gasteiger partial charge >= 0.3 is 0 Å². The molecule has 0 aliphatic carbocycles. The molecule has 0 amide bonds. The molecule has 0 bridgehead atoms. The van der Waals surface area contributed by atoms with E-state index in [-0.39, 0.29) is 11.9 Å². The van der Waals surface area contributed by atoms with Crippen molar-refractivity contribution in [1.82, 2.24) is 14.8 Å². The Labute approximate surface area is 183 Å². The molecule has 2 heterocycles. The summed E-state index contributed by atoms with van der Waals surface area (Å²) in [5, 5.41) is 13.7. The van der Waals surface area contributed by atoms with Crippen LogP contribution in [0.1, 0.15) is 31.0 Å². The van der Waals surface area contributed by atoms with E-state index < -0.39 is 0 Å². The molecule has 164 valence electrons. The predicted molar refractivity (Wildman–Crippen MR) is 121 cm³/mol. The van der Waals surface area contributed by atoms with Gasteiger partial charge < -0.3 is 24.8 Å². The number of rotatable bonds is 6. The molecule has 30 heavy (non-hydrogen) atoms. The average Bonchev–Trinajstić information content (AvgIpc) is 3.02. The highest BCUT2D eigenvalue weighted by atomic mass is 35.5. The second kappa shape index (κ2) is 10.2. The van der Waals surface area contributed by atoms with E-state index in [2.05, 4.69) is 10.3 Å². The highest BCUT2D eigenvalue weighted by Crippen LogP contribution is 2.24. The van der Waals surface area contributed by atoms with Gasteiger partial charge in [-0.25, -0.2) is 9.38 Å². The molecule has 2 aromatic rings. The Hall–Kier alpha value is -2.25.